The van der Waals surface area contributed by atoms with Crippen molar-refractivity contribution in [3.63, 3.8) is 0 Å². The van der Waals surface area contributed by atoms with Crippen LogP contribution in [0.25, 0.3) is 0 Å². The number of fused-ring (bicyclic) bond motifs is 1. The van der Waals surface area contributed by atoms with Gasteiger partial charge in [-0.05, 0) is 24.7 Å². The topological polar surface area (TPSA) is 15.3 Å². The van der Waals surface area contributed by atoms with Crippen molar-refractivity contribution >= 4 is 0 Å². The fraction of sp³-hybridized carbons (Fsp3) is 0.692. The normalized spacial score (nSPS) is 34.8. The second-order valence-electron chi connectivity index (χ2n) is 5.01. The van der Waals surface area contributed by atoms with Crippen molar-refractivity contribution in [2.24, 2.45) is 11.8 Å². The summed E-state index contributed by atoms with van der Waals surface area (Å²) in [6.45, 7) is 6.03. The fourth-order valence-corrected chi connectivity index (χ4v) is 2.61. The van der Waals surface area contributed by atoms with Crippen LogP contribution in [0.15, 0.2) is 23.8 Å². The van der Waals surface area contributed by atoms with E-state index in [9.17, 15) is 0 Å². The summed E-state index contributed by atoms with van der Waals surface area (Å²) in [6.07, 6.45) is 9.94. The molecule has 0 aromatic heterocycles. The van der Waals surface area contributed by atoms with Gasteiger partial charge in [0, 0.05) is 32.7 Å². The van der Waals surface area contributed by atoms with E-state index in [1.807, 2.05) is 0 Å². The molecule has 1 saturated carbocycles. The van der Waals surface area contributed by atoms with Gasteiger partial charge in [-0.2, -0.15) is 0 Å². The van der Waals surface area contributed by atoms with Crippen LogP contribution in [0.5, 0.6) is 0 Å². The summed E-state index contributed by atoms with van der Waals surface area (Å²) in [7, 11) is 0. The van der Waals surface area contributed by atoms with E-state index in [0.29, 0.717) is 0 Å². The van der Waals surface area contributed by atoms with E-state index < -0.39 is 0 Å². The molecule has 0 aromatic carbocycles. The maximum atomic E-state index is 3.40. The number of nitrogens with one attached hydrogen (secondary N) is 1. The zero-order valence-electron chi connectivity index (χ0n) is 9.28. The zero-order valence-corrected chi connectivity index (χ0v) is 9.28. The maximum Gasteiger partial charge on any atom is 0.0108 e. The molecule has 1 N–H and O–H groups in total. The van der Waals surface area contributed by atoms with E-state index in [2.05, 4.69) is 28.4 Å². The van der Waals surface area contributed by atoms with Crippen molar-refractivity contribution in [2.75, 3.05) is 32.7 Å². The SMILES string of the molecule is C1=CC2CC2C=C1CCN1CCNCC1. The van der Waals surface area contributed by atoms with Crippen molar-refractivity contribution in [3.8, 4) is 0 Å². The first-order chi connectivity index (χ1) is 7.42. The van der Waals surface area contributed by atoms with Crippen molar-refractivity contribution in [1.29, 1.82) is 0 Å². The second kappa shape index (κ2) is 4.11. The molecule has 3 rings (SSSR count). The molecule has 0 bridgehead atoms. The van der Waals surface area contributed by atoms with E-state index in [0.717, 1.165) is 11.8 Å². The van der Waals surface area contributed by atoms with Crippen LogP contribution in [0, 0.1) is 11.8 Å². The lowest BCUT2D eigenvalue weighted by Crippen LogP contribution is -2.43. The van der Waals surface area contributed by atoms with Crippen LogP contribution in [-0.2, 0) is 0 Å². The standard InChI is InChI=1S/C13H20N2/c1-2-12-10-13(12)9-11(1)3-6-15-7-4-14-5-8-15/h1-2,9,12-14H,3-8,10H2. The number of allylic oxidation sites excluding steroid dienone is 3. The van der Waals surface area contributed by atoms with Gasteiger partial charge in [-0.15, -0.1) is 0 Å². The average Bonchev–Trinajstić information content (AvgIpc) is 3.06. The molecule has 0 spiro atoms. The van der Waals surface area contributed by atoms with E-state index in [4.69, 9.17) is 0 Å². The smallest absolute Gasteiger partial charge is 0.0108 e. The average molecular weight is 204 g/mol. The van der Waals surface area contributed by atoms with Gasteiger partial charge in [0.05, 0.1) is 0 Å². The van der Waals surface area contributed by atoms with Crippen LogP contribution in [-0.4, -0.2) is 37.6 Å². The van der Waals surface area contributed by atoms with E-state index >= 15 is 0 Å². The lowest BCUT2D eigenvalue weighted by Gasteiger charge is -2.27. The molecule has 0 amide bonds. The molecule has 1 aliphatic heterocycles. The van der Waals surface area contributed by atoms with Crippen molar-refractivity contribution in [2.45, 2.75) is 12.8 Å². The Morgan fingerprint density at radius 3 is 2.93 bits per heavy atom. The minimum Gasteiger partial charge on any atom is -0.314 e. The molecule has 0 aromatic rings. The van der Waals surface area contributed by atoms with Gasteiger partial charge in [0.2, 0.25) is 0 Å². The molecule has 2 atom stereocenters. The van der Waals surface area contributed by atoms with Crippen molar-refractivity contribution in [1.82, 2.24) is 10.2 Å². The molecule has 82 valence electrons. The Balaban J connectivity index is 1.47. The van der Waals surface area contributed by atoms with Crippen molar-refractivity contribution in [3.05, 3.63) is 23.8 Å². The Hall–Kier alpha value is -0.600. The fourth-order valence-electron chi connectivity index (χ4n) is 2.61. The number of rotatable bonds is 3. The van der Waals surface area contributed by atoms with E-state index in [-0.39, 0.29) is 0 Å². The number of hydrogen-bond acceptors (Lipinski definition) is 2. The predicted octanol–water partition coefficient (Wildman–Crippen LogP) is 1.41. The number of piperazine rings is 1. The molecule has 1 saturated heterocycles. The predicted molar refractivity (Wildman–Crippen MR) is 62.7 cm³/mol. The van der Waals surface area contributed by atoms with E-state index in [1.165, 1.54) is 45.6 Å². The van der Waals surface area contributed by atoms with Crippen LogP contribution in [0.1, 0.15) is 12.8 Å². The maximum absolute atomic E-state index is 3.40. The number of nitrogens with zero attached hydrogens (tertiary/aromatic N) is 1. The molecule has 3 aliphatic rings. The summed E-state index contributed by atoms with van der Waals surface area (Å²) in [5, 5.41) is 3.40. The van der Waals surface area contributed by atoms with Gasteiger partial charge < -0.3 is 10.2 Å². The van der Waals surface area contributed by atoms with Gasteiger partial charge in [-0.25, -0.2) is 0 Å². The highest BCUT2D eigenvalue weighted by atomic mass is 15.2. The van der Waals surface area contributed by atoms with Gasteiger partial charge in [0.25, 0.3) is 0 Å². The Kier molecular flexibility index (Phi) is 2.63. The molecule has 2 heteroatoms. The van der Waals surface area contributed by atoms with Crippen LogP contribution >= 0.6 is 0 Å². The van der Waals surface area contributed by atoms with E-state index in [1.54, 1.807) is 5.57 Å². The molecular weight excluding hydrogens is 184 g/mol. The highest BCUT2D eigenvalue weighted by molar-refractivity contribution is 5.30. The third-order valence-corrected chi connectivity index (χ3v) is 3.80. The minimum atomic E-state index is 0.910. The third-order valence-electron chi connectivity index (χ3n) is 3.80. The van der Waals surface area contributed by atoms with Crippen LogP contribution in [0.3, 0.4) is 0 Å². The first-order valence-corrected chi connectivity index (χ1v) is 6.24. The third kappa shape index (κ3) is 2.32. The number of hydrogen-bond donors (Lipinski definition) is 1. The van der Waals surface area contributed by atoms with Gasteiger partial charge >= 0.3 is 0 Å². The molecule has 2 fully saturated rings. The van der Waals surface area contributed by atoms with Crippen LogP contribution in [0.4, 0.5) is 0 Å². The van der Waals surface area contributed by atoms with Gasteiger partial charge in [-0.1, -0.05) is 23.8 Å². The molecule has 2 aliphatic carbocycles. The Bertz CT molecular complexity index is 287. The minimum absolute atomic E-state index is 0.910. The highest BCUT2D eigenvalue weighted by Gasteiger charge is 2.34. The Morgan fingerprint density at radius 2 is 2.13 bits per heavy atom. The lowest BCUT2D eigenvalue weighted by molar-refractivity contribution is 0.244. The van der Waals surface area contributed by atoms with Gasteiger partial charge in [0.1, 0.15) is 0 Å². The molecular formula is C13H20N2. The lowest BCUT2D eigenvalue weighted by atomic mass is 10.0. The molecule has 1 heterocycles. The summed E-state index contributed by atoms with van der Waals surface area (Å²) in [5.74, 6) is 1.82. The Labute approximate surface area is 92.0 Å². The largest absolute Gasteiger partial charge is 0.314 e. The summed E-state index contributed by atoms with van der Waals surface area (Å²) < 4.78 is 0. The van der Waals surface area contributed by atoms with Gasteiger partial charge in [-0.3, -0.25) is 0 Å². The zero-order chi connectivity index (χ0) is 10.1. The van der Waals surface area contributed by atoms with Crippen molar-refractivity contribution < 1.29 is 0 Å². The van der Waals surface area contributed by atoms with Crippen LogP contribution in [0.2, 0.25) is 0 Å². The van der Waals surface area contributed by atoms with Gasteiger partial charge in [0.15, 0.2) is 0 Å². The summed E-state index contributed by atoms with van der Waals surface area (Å²) >= 11 is 0. The molecule has 0 radical (unpaired) electrons. The van der Waals surface area contributed by atoms with Crippen LogP contribution < -0.4 is 5.32 Å². The molecule has 2 unspecified atom stereocenters. The Morgan fingerprint density at radius 1 is 1.27 bits per heavy atom. The second-order valence-corrected chi connectivity index (χ2v) is 5.01. The molecule has 2 nitrogen and oxygen atoms in total. The summed E-state index contributed by atoms with van der Waals surface area (Å²) in [5.41, 5.74) is 1.58. The first-order valence-electron chi connectivity index (χ1n) is 6.24. The first kappa shape index (κ1) is 9.61. The molecule has 15 heavy (non-hydrogen) atoms. The quantitative estimate of drug-likeness (QED) is 0.748. The summed E-state index contributed by atoms with van der Waals surface area (Å²) in [4.78, 5) is 2.57. The highest BCUT2D eigenvalue weighted by Crippen LogP contribution is 2.44. The monoisotopic (exact) mass is 204 g/mol. The summed E-state index contributed by atoms with van der Waals surface area (Å²) in [6, 6.07) is 0.